The first-order valence-electron chi connectivity index (χ1n) is 6.88. The third-order valence-corrected chi connectivity index (χ3v) is 4.42. The van der Waals surface area contributed by atoms with Crippen LogP contribution in [0.5, 0.6) is 0 Å². The lowest BCUT2D eigenvalue weighted by Crippen LogP contribution is -2.15. The number of aryl methyl sites for hydroxylation is 1. The molecule has 7 heteroatoms. The molecule has 1 unspecified atom stereocenters. The van der Waals surface area contributed by atoms with E-state index in [4.69, 9.17) is 9.44 Å². The van der Waals surface area contributed by atoms with E-state index < -0.39 is 10.1 Å². The molecule has 0 heterocycles. The van der Waals surface area contributed by atoms with E-state index >= 15 is 0 Å². The van der Waals surface area contributed by atoms with Gasteiger partial charge in [-0.25, -0.2) is 10.1 Å². The van der Waals surface area contributed by atoms with Crippen LogP contribution < -0.4 is 0 Å². The van der Waals surface area contributed by atoms with Gasteiger partial charge in [-0.15, -0.1) is 0 Å². The molecule has 0 spiro atoms. The maximum absolute atomic E-state index is 12.0. The first kappa shape index (κ1) is 18.1. The lowest BCUT2D eigenvalue weighted by atomic mass is 10.1. The van der Waals surface area contributed by atoms with E-state index in [1.807, 2.05) is 6.92 Å². The molecular weight excluding hydrogens is 296 g/mol. The topological polar surface area (TPSA) is 82.1 Å². The molecule has 6 nitrogen and oxygen atoms in total. The third kappa shape index (κ3) is 7.01. The molecule has 0 fully saturated rings. The Labute approximate surface area is 125 Å². The molecule has 0 aliphatic rings. The average Bonchev–Trinajstić information content (AvgIpc) is 2.42. The summed E-state index contributed by atoms with van der Waals surface area (Å²) in [6.07, 6.45) is 2.61. The van der Waals surface area contributed by atoms with Crippen LogP contribution in [0.3, 0.4) is 0 Å². The molecule has 120 valence electrons. The van der Waals surface area contributed by atoms with Gasteiger partial charge in [0.05, 0.1) is 17.6 Å². The molecule has 0 aliphatic heterocycles. The van der Waals surface area contributed by atoms with Crippen LogP contribution in [0.2, 0.25) is 0 Å². The minimum Gasteiger partial charge on any atom is -0.263 e. The van der Waals surface area contributed by atoms with E-state index in [-0.39, 0.29) is 11.0 Å². The molecule has 1 rings (SSSR count). The lowest BCUT2D eigenvalue weighted by molar-refractivity contribution is -0.490. The van der Waals surface area contributed by atoms with Gasteiger partial charge in [0.15, 0.2) is 0 Å². The van der Waals surface area contributed by atoms with Crippen molar-refractivity contribution in [1.29, 1.82) is 0 Å². The number of rotatable bonds is 10. The van der Waals surface area contributed by atoms with Crippen molar-refractivity contribution in [2.75, 3.05) is 6.61 Å². The van der Waals surface area contributed by atoms with Crippen LogP contribution in [-0.4, -0.2) is 26.4 Å². The average molecular weight is 318 g/mol. The minimum absolute atomic E-state index is 0.174. The van der Waals surface area contributed by atoms with E-state index in [1.54, 1.807) is 31.2 Å². The van der Waals surface area contributed by atoms with Crippen molar-refractivity contribution >= 4 is 10.1 Å². The molecule has 0 saturated carbocycles. The van der Waals surface area contributed by atoms with E-state index in [1.165, 1.54) is 0 Å². The highest BCUT2D eigenvalue weighted by atomic mass is 32.2. The van der Waals surface area contributed by atoms with Crippen molar-refractivity contribution in [2.24, 2.45) is 0 Å². The van der Waals surface area contributed by atoms with Gasteiger partial charge in [0.1, 0.15) is 0 Å². The zero-order valence-corrected chi connectivity index (χ0v) is 13.1. The molecule has 1 N–H and O–H groups in total. The van der Waals surface area contributed by atoms with E-state index in [0.717, 1.165) is 24.8 Å². The van der Waals surface area contributed by atoms with Gasteiger partial charge < -0.3 is 0 Å². The maximum Gasteiger partial charge on any atom is 0.297 e. The Balaban J connectivity index is 2.36. The summed E-state index contributed by atoms with van der Waals surface area (Å²) in [5.74, 6) is 0. The fourth-order valence-electron chi connectivity index (χ4n) is 1.83. The summed E-state index contributed by atoms with van der Waals surface area (Å²) in [7, 11) is -3.71. The second kappa shape index (κ2) is 9.11. The zero-order valence-electron chi connectivity index (χ0n) is 12.3. The summed E-state index contributed by atoms with van der Waals surface area (Å²) in [5.41, 5.74) is 0.996. The molecule has 0 aromatic heterocycles. The molecule has 1 atom stereocenters. The predicted octanol–water partition coefficient (Wildman–Crippen LogP) is 3.07. The van der Waals surface area contributed by atoms with Crippen molar-refractivity contribution in [3.63, 3.8) is 0 Å². The summed E-state index contributed by atoms with van der Waals surface area (Å²) >= 11 is 0. The fourth-order valence-corrected chi connectivity index (χ4v) is 2.94. The van der Waals surface area contributed by atoms with E-state index in [0.29, 0.717) is 13.0 Å². The first-order valence-corrected chi connectivity index (χ1v) is 8.29. The van der Waals surface area contributed by atoms with E-state index in [9.17, 15) is 8.42 Å². The van der Waals surface area contributed by atoms with Crippen molar-refractivity contribution in [2.45, 2.75) is 50.5 Å². The molecule has 21 heavy (non-hydrogen) atoms. The molecule has 0 radical (unpaired) electrons. The molecule has 1 aromatic rings. The SMILES string of the molecule is Cc1ccc(S(=O)(=O)OC(C)CCCCCOOO)cc1. The summed E-state index contributed by atoms with van der Waals surface area (Å²) in [4.78, 5) is 4.49. The quantitative estimate of drug-likeness (QED) is 0.309. The Kier molecular flexibility index (Phi) is 7.84. The molecule has 0 amide bonds. The van der Waals surface area contributed by atoms with Crippen molar-refractivity contribution in [1.82, 2.24) is 0 Å². The Bertz CT molecular complexity index is 497. The first-order chi connectivity index (χ1) is 9.95. The van der Waals surface area contributed by atoms with Gasteiger partial charge in [-0.05, 0) is 38.8 Å². The van der Waals surface area contributed by atoms with Gasteiger partial charge in [-0.3, -0.25) is 4.18 Å². The Morgan fingerprint density at radius 3 is 2.43 bits per heavy atom. The number of unbranched alkanes of at least 4 members (excludes halogenated alkanes) is 2. The van der Waals surface area contributed by atoms with Crippen LogP contribution in [0, 0.1) is 6.92 Å². The zero-order chi connectivity index (χ0) is 15.7. The predicted molar refractivity (Wildman–Crippen MR) is 77.0 cm³/mol. The van der Waals surface area contributed by atoms with Gasteiger partial charge in [-0.1, -0.05) is 35.6 Å². The summed E-state index contributed by atoms with van der Waals surface area (Å²) < 4.78 is 29.3. The third-order valence-electron chi connectivity index (χ3n) is 2.99. The smallest absolute Gasteiger partial charge is 0.263 e. The Morgan fingerprint density at radius 2 is 1.81 bits per heavy atom. The normalized spacial score (nSPS) is 13.3. The van der Waals surface area contributed by atoms with Gasteiger partial charge in [-0.2, -0.15) is 8.42 Å². The molecule has 0 bridgehead atoms. The van der Waals surface area contributed by atoms with E-state index in [2.05, 4.69) is 9.93 Å². The minimum atomic E-state index is -3.71. The molecule has 0 saturated heterocycles. The maximum atomic E-state index is 12.0. The molecular formula is C14H22O6S. The van der Waals surface area contributed by atoms with Crippen LogP contribution in [0.1, 0.15) is 38.2 Å². The monoisotopic (exact) mass is 318 g/mol. The largest absolute Gasteiger partial charge is 0.297 e. The summed E-state index contributed by atoms with van der Waals surface area (Å²) in [5, 5.41) is 11.4. The fraction of sp³-hybridized carbons (Fsp3) is 0.571. The highest BCUT2D eigenvalue weighted by molar-refractivity contribution is 7.86. The van der Waals surface area contributed by atoms with Gasteiger partial charge in [0.2, 0.25) is 0 Å². The van der Waals surface area contributed by atoms with Gasteiger partial charge in [0.25, 0.3) is 10.1 Å². The van der Waals surface area contributed by atoms with Gasteiger partial charge >= 0.3 is 0 Å². The summed E-state index contributed by atoms with van der Waals surface area (Å²) in [6, 6.07) is 6.57. The highest BCUT2D eigenvalue weighted by Crippen LogP contribution is 2.17. The molecule has 1 aromatic carbocycles. The van der Waals surface area contributed by atoms with Crippen molar-refractivity contribution in [3.05, 3.63) is 29.8 Å². The van der Waals surface area contributed by atoms with Crippen LogP contribution in [-0.2, 0) is 24.2 Å². The van der Waals surface area contributed by atoms with Crippen molar-refractivity contribution < 1.29 is 27.8 Å². The number of benzene rings is 1. The van der Waals surface area contributed by atoms with Gasteiger partial charge in [0, 0.05) is 0 Å². The van der Waals surface area contributed by atoms with Crippen molar-refractivity contribution in [3.8, 4) is 0 Å². The van der Waals surface area contributed by atoms with Crippen LogP contribution in [0.25, 0.3) is 0 Å². The lowest BCUT2D eigenvalue weighted by Gasteiger charge is -2.13. The second-order valence-corrected chi connectivity index (χ2v) is 6.49. The number of hydrogen-bond acceptors (Lipinski definition) is 6. The number of hydrogen-bond donors (Lipinski definition) is 1. The Hall–Kier alpha value is -0.990. The van der Waals surface area contributed by atoms with Crippen LogP contribution >= 0.6 is 0 Å². The molecule has 0 aliphatic carbocycles. The summed E-state index contributed by atoms with van der Waals surface area (Å²) in [6.45, 7) is 3.93. The second-order valence-electron chi connectivity index (χ2n) is 4.92. The van der Waals surface area contributed by atoms with Crippen LogP contribution in [0.4, 0.5) is 0 Å². The Morgan fingerprint density at radius 1 is 1.14 bits per heavy atom. The standard InChI is InChI=1S/C14H22O6S/c1-12-7-9-14(10-8-12)21(16,17)19-13(2)6-4-3-5-11-18-20-15/h7-10,13,15H,3-6,11H2,1-2H3. The van der Waals surface area contributed by atoms with Crippen LogP contribution in [0.15, 0.2) is 29.2 Å². The highest BCUT2D eigenvalue weighted by Gasteiger charge is 2.18.